The van der Waals surface area contributed by atoms with Crippen LogP contribution in [0, 0.1) is 0 Å². The summed E-state index contributed by atoms with van der Waals surface area (Å²) in [5.74, 6) is -0.447. The number of fused-ring (bicyclic) bond motifs is 1. The van der Waals surface area contributed by atoms with Gasteiger partial charge in [-0.25, -0.2) is 9.78 Å². The molecule has 106 valence electrons. The van der Waals surface area contributed by atoms with Crippen LogP contribution in [0.3, 0.4) is 0 Å². The van der Waals surface area contributed by atoms with Gasteiger partial charge >= 0.3 is 6.03 Å². The molecule has 0 bridgehead atoms. The van der Waals surface area contributed by atoms with Crippen LogP contribution < -0.4 is 16.2 Å². The molecule has 0 spiro atoms. The Bertz CT molecular complexity index is 722. The van der Waals surface area contributed by atoms with E-state index in [-0.39, 0.29) is 11.3 Å². The van der Waals surface area contributed by atoms with E-state index >= 15 is 0 Å². The molecule has 0 unspecified atom stereocenters. The van der Waals surface area contributed by atoms with Crippen molar-refractivity contribution in [1.82, 2.24) is 20.2 Å². The van der Waals surface area contributed by atoms with Crippen molar-refractivity contribution in [2.24, 2.45) is 7.05 Å². The molecular weight excluding hydrogens is 300 g/mol. The van der Waals surface area contributed by atoms with Crippen molar-refractivity contribution in [1.29, 1.82) is 0 Å². The molecule has 0 aliphatic carbocycles. The third-order valence-electron chi connectivity index (χ3n) is 2.46. The molecule has 20 heavy (non-hydrogen) atoms. The number of thioether (sulfide) groups is 1. The van der Waals surface area contributed by atoms with Gasteiger partial charge in [0, 0.05) is 14.1 Å². The maximum absolute atomic E-state index is 12.0. The van der Waals surface area contributed by atoms with Crippen LogP contribution in [-0.2, 0) is 11.8 Å². The second kappa shape index (κ2) is 6.06. The van der Waals surface area contributed by atoms with Gasteiger partial charge in [0.1, 0.15) is 4.70 Å². The summed E-state index contributed by atoms with van der Waals surface area (Å²) in [5.41, 5.74) is 0.478. The fourth-order valence-corrected chi connectivity index (χ4v) is 3.03. The topological polar surface area (TPSA) is 93.1 Å². The molecule has 0 aliphatic heterocycles. The Balaban J connectivity index is 2.14. The molecule has 0 atom stereocenters. The van der Waals surface area contributed by atoms with Crippen molar-refractivity contribution in [3.05, 3.63) is 21.8 Å². The average molecular weight is 312 g/mol. The van der Waals surface area contributed by atoms with Crippen LogP contribution in [0.1, 0.15) is 0 Å². The molecule has 2 aromatic heterocycles. The normalized spacial score (nSPS) is 10.5. The number of urea groups is 1. The molecular formula is C11H12N4O3S2. The second-order valence-electron chi connectivity index (χ2n) is 3.81. The first-order chi connectivity index (χ1) is 9.52. The summed E-state index contributed by atoms with van der Waals surface area (Å²) in [6.45, 7) is 0. The van der Waals surface area contributed by atoms with Gasteiger partial charge in [0.05, 0.1) is 11.3 Å². The van der Waals surface area contributed by atoms with E-state index < -0.39 is 11.9 Å². The van der Waals surface area contributed by atoms with Crippen molar-refractivity contribution in [3.8, 4) is 0 Å². The summed E-state index contributed by atoms with van der Waals surface area (Å²) < 4.78 is 1.99. The molecule has 0 aliphatic rings. The van der Waals surface area contributed by atoms with E-state index in [2.05, 4.69) is 15.6 Å². The predicted octanol–water partition coefficient (Wildman–Crippen LogP) is 0.543. The number of carbonyl (C=O) groups excluding carboxylic acids is 2. The first-order valence-corrected chi connectivity index (χ1v) is 7.48. The Morgan fingerprint density at radius 2 is 2.25 bits per heavy atom. The highest BCUT2D eigenvalue weighted by Gasteiger charge is 2.12. The van der Waals surface area contributed by atoms with E-state index in [1.165, 1.54) is 23.0 Å². The SMILES string of the molecule is CNC(=O)NC(=O)CSc1nc2ccsc2c(=O)n1C. The quantitative estimate of drug-likeness (QED) is 0.637. The lowest BCUT2D eigenvalue weighted by Gasteiger charge is -2.07. The molecule has 2 N–H and O–H groups in total. The Morgan fingerprint density at radius 3 is 2.95 bits per heavy atom. The van der Waals surface area contributed by atoms with Gasteiger partial charge in [-0.05, 0) is 11.4 Å². The molecule has 0 radical (unpaired) electrons. The van der Waals surface area contributed by atoms with Crippen LogP contribution in [0.15, 0.2) is 21.4 Å². The molecule has 0 saturated carbocycles. The number of thiophene rings is 1. The number of nitrogens with zero attached hydrogens (tertiary/aromatic N) is 2. The van der Waals surface area contributed by atoms with Crippen molar-refractivity contribution in [2.45, 2.75) is 5.16 Å². The molecule has 7 nitrogen and oxygen atoms in total. The highest BCUT2D eigenvalue weighted by atomic mass is 32.2. The van der Waals surface area contributed by atoms with Crippen molar-refractivity contribution in [3.63, 3.8) is 0 Å². The van der Waals surface area contributed by atoms with Gasteiger partial charge in [0.2, 0.25) is 5.91 Å². The Hall–Kier alpha value is -1.87. The molecule has 2 aromatic rings. The summed E-state index contributed by atoms with van der Waals surface area (Å²) in [6, 6.07) is 1.20. The fraction of sp³-hybridized carbons (Fsp3) is 0.273. The van der Waals surface area contributed by atoms with Gasteiger partial charge in [-0.2, -0.15) is 0 Å². The minimum atomic E-state index is -0.564. The Labute approximate surface area is 122 Å². The predicted molar refractivity (Wildman–Crippen MR) is 78.2 cm³/mol. The van der Waals surface area contributed by atoms with Crippen LogP contribution in [0.5, 0.6) is 0 Å². The number of rotatable bonds is 3. The van der Waals surface area contributed by atoms with Crippen LogP contribution in [0.25, 0.3) is 10.2 Å². The Morgan fingerprint density at radius 1 is 1.50 bits per heavy atom. The van der Waals surface area contributed by atoms with Gasteiger partial charge in [-0.3, -0.25) is 19.5 Å². The third kappa shape index (κ3) is 2.99. The maximum atomic E-state index is 12.0. The number of nitrogens with one attached hydrogen (secondary N) is 2. The van der Waals surface area contributed by atoms with Crippen molar-refractivity contribution < 1.29 is 9.59 Å². The molecule has 9 heteroatoms. The minimum absolute atomic E-state index is 0.00332. The summed E-state index contributed by atoms with van der Waals surface area (Å²) >= 11 is 2.44. The maximum Gasteiger partial charge on any atom is 0.321 e. The van der Waals surface area contributed by atoms with Gasteiger partial charge in [0.25, 0.3) is 5.56 Å². The number of hydrogen-bond donors (Lipinski definition) is 2. The Kier molecular flexibility index (Phi) is 4.40. The molecule has 3 amide bonds. The summed E-state index contributed by atoms with van der Waals surface area (Å²) in [5, 5.41) is 6.66. The number of imide groups is 1. The molecule has 0 fully saturated rings. The van der Waals surface area contributed by atoms with Crippen molar-refractivity contribution in [2.75, 3.05) is 12.8 Å². The molecule has 0 aromatic carbocycles. The zero-order valence-electron chi connectivity index (χ0n) is 10.8. The number of hydrogen-bond acceptors (Lipinski definition) is 6. The lowest BCUT2D eigenvalue weighted by molar-refractivity contribution is -0.117. The average Bonchev–Trinajstić information content (AvgIpc) is 2.89. The van der Waals surface area contributed by atoms with Crippen LogP contribution >= 0.6 is 23.1 Å². The van der Waals surface area contributed by atoms with Gasteiger partial charge in [0.15, 0.2) is 5.16 Å². The van der Waals surface area contributed by atoms with Gasteiger partial charge in [-0.1, -0.05) is 11.8 Å². The van der Waals surface area contributed by atoms with E-state index in [0.717, 1.165) is 11.8 Å². The standard InChI is InChI=1S/C11H12N4O3S2/c1-12-10(18)14-7(16)5-20-11-13-6-3-4-19-8(6)9(17)15(11)2/h3-4H,5H2,1-2H3,(H2,12,14,16,18). The number of amides is 3. The van der Waals surface area contributed by atoms with E-state index in [9.17, 15) is 14.4 Å². The van der Waals surface area contributed by atoms with Crippen LogP contribution in [0.4, 0.5) is 4.79 Å². The number of carbonyl (C=O) groups is 2. The monoisotopic (exact) mass is 312 g/mol. The molecule has 0 saturated heterocycles. The zero-order valence-corrected chi connectivity index (χ0v) is 12.4. The van der Waals surface area contributed by atoms with Crippen molar-refractivity contribution >= 4 is 45.3 Å². The van der Waals surface area contributed by atoms with E-state index in [1.807, 2.05) is 0 Å². The largest absolute Gasteiger partial charge is 0.341 e. The zero-order chi connectivity index (χ0) is 14.7. The van der Waals surface area contributed by atoms with E-state index in [0.29, 0.717) is 15.4 Å². The minimum Gasteiger partial charge on any atom is -0.341 e. The lowest BCUT2D eigenvalue weighted by Crippen LogP contribution is -2.38. The van der Waals surface area contributed by atoms with Crippen LogP contribution in [-0.4, -0.2) is 34.3 Å². The highest BCUT2D eigenvalue weighted by Crippen LogP contribution is 2.19. The summed E-state index contributed by atoms with van der Waals surface area (Å²) in [6.07, 6.45) is 0. The van der Waals surface area contributed by atoms with Gasteiger partial charge < -0.3 is 5.32 Å². The molecule has 2 rings (SSSR count). The third-order valence-corrected chi connectivity index (χ3v) is 4.38. The summed E-state index contributed by atoms with van der Waals surface area (Å²) in [4.78, 5) is 38.8. The first kappa shape index (κ1) is 14.5. The lowest BCUT2D eigenvalue weighted by atomic mass is 10.5. The highest BCUT2D eigenvalue weighted by molar-refractivity contribution is 7.99. The van der Waals surface area contributed by atoms with Gasteiger partial charge in [-0.15, -0.1) is 11.3 Å². The smallest absolute Gasteiger partial charge is 0.321 e. The number of aromatic nitrogens is 2. The van der Waals surface area contributed by atoms with E-state index in [1.54, 1.807) is 18.5 Å². The second-order valence-corrected chi connectivity index (χ2v) is 5.67. The fourth-order valence-electron chi connectivity index (χ4n) is 1.45. The van der Waals surface area contributed by atoms with E-state index in [4.69, 9.17) is 0 Å². The molecule has 2 heterocycles. The first-order valence-electron chi connectivity index (χ1n) is 5.61. The summed E-state index contributed by atoms with van der Waals surface area (Å²) in [7, 11) is 3.03. The van der Waals surface area contributed by atoms with Crippen LogP contribution in [0.2, 0.25) is 0 Å².